The summed E-state index contributed by atoms with van der Waals surface area (Å²) in [5.41, 5.74) is 5.62. The molecule has 0 spiro atoms. The van der Waals surface area contributed by atoms with Gasteiger partial charge in [0, 0.05) is 11.1 Å². The minimum Gasteiger partial charge on any atom is -0.450 e. The van der Waals surface area contributed by atoms with Gasteiger partial charge in [-0.25, -0.2) is 9.87 Å². The number of quaternary nitrogens is 1. The molecule has 0 aliphatic carbocycles. The molecular formula is C23H26FN2O3+. The van der Waals surface area contributed by atoms with Crippen molar-refractivity contribution in [3.63, 3.8) is 0 Å². The first-order chi connectivity index (χ1) is 14.0. The van der Waals surface area contributed by atoms with Crippen LogP contribution >= 0.6 is 0 Å². The highest BCUT2D eigenvalue weighted by Crippen LogP contribution is 2.09. The first kappa shape index (κ1) is 20.8. The molecule has 2 N–H and O–H groups in total. The van der Waals surface area contributed by atoms with E-state index in [1.165, 1.54) is 22.1 Å². The summed E-state index contributed by atoms with van der Waals surface area (Å²) in [5.74, 6) is 0.229. The third-order valence-electron chi connectivity index (χ3n) is 4.54. The Morgan fingerprint density at radius 3 is 2.52 bits per heavy atom. The van der Waals surface area contributed by atoms with Crippen LogP contribution in [0, 0.1) is 12.7 Å². The zero-order valence-electron chi connectivity index (χ0n) is 16.7. The van der Waals surface area contributed by atoms with Crippen molar-refractivity contribution in [1.29, 1.82) is 0 Å². The first-order valence-electron chi connectivity index (χ1n) is 9.68. The Bertz CT molecular complexity index is 937. The van der Waals surface area contributed by atoms with Crippen molar-refractivity contribution < 1.29 is 23.3 Å². The highest BCUT2D eigenvalue weighted by molar-refractivity contribution is 5.90. The predicted molar refractivity (Wildman–Crippen MR) is 107 cm³/mol. The van der Waals surface area contributed by atoms with E-state index in [9.17, 15) is 9.18 Å². The SMILES string of the molecule is CCONC(=O)c1ccc(C[NH+](Cc2ccc(C)cc2)Cc2cccc(F)c2)o1. The predicted octanol–water partition coefficient (Wildman–Crippen LogP) is 3.19. The lowest BCUT2D eigenvalue weighted by Gasteiger charge is -2.19. The molecular weight excluding hydrogens is 371 g/mol. The first-order valence-corrected chi connectivity index (χ1v) is 9.68. The van der Waals surface area contributed by atoms with E-state index in [0.29, 0.717) is 25.5 Å². The second-order valence-electron chi connectivity index (χ2n) is 7.03. The number of hydrogen-bond acceptors (Lipinski definition) is 3. The van der Waals surface area contributed by atoms with Gasteiger partial charge in [0.05, 0.1) is 6.61 Å². The minimum atomic E-state index is -0.414. The number of hydrogen-bond donors (Lipinski definition) is 2. The molecule has 0 saturated carbocycles. The molecule has 0 saturated heterocycles. The number of carbonyl (C=O) groups is 1. The van der Waals surface area contributed by atoms with Gasteiger partial charge in [0.15, 0.2) is 11.5 Å². The van der Waals surface area contributed by atoms with Gasteiger partial charge in [0.25, 0.3) is 0 Å². The fourth-order valence-electron chi connectivity index (χ4n) is 3.15. The van der Waals surface area contributed by atoms with Gasteiger partial charge in [-0.15, -0.1) is 0 Å². The zero-order chi connectivity index (χ0) is 20.6. The van der Waals surface area contributed by atoms with Gasteiger partial charge in [0.1, 0.15) is 25.5 Å². The number of benzene rings is 2. The molecule has 2 aromatic carbocycles. The van der Waals surface area contributed by atoms with E-state index in [1.807, 2.05) is 6.07 Å². The molecule has 0 bridgehead atoms. The molecule has 29 heavy (non-hydrogen) atoms. The van der Waals surface area contributed by atoms with Crippen LogP contribution in [-0.4, -0.2) is 12.5 Å². The van der Waals surface area contributed by atoms with Crippen LogP contribution in [-0.2, 0) is 24.5 Å². The molecule has 1 aromatic heterocycles. The van der Waals surface area contributed by atoms with Crippen molar-refractivity contribution in [2.75, 3.05) is 6.61 Å². The molecule has 0 aliphatic heterocycles. The van der Waals surface area contributed by atoms with Crippen LogP contribution < -0.4 is 10.4 Å². The van der Waals surface area contributed by atoms with Crippen LogP contribution in [0.5, 0.6) is 0 Å². The van der Waals surface area contributed by atoms with Crippen molar-refractivity contribution in [3.05, 3.63) is 94.7 Å². The van der Waals surface area contributed by atoms with Crippen molar-refractivity contribution in [2.45, 2.75) is 33.5 Å². The van der Waals surface area contributed by atoms with Crippen LogP contribution in [0.4, 0.5) is 4.39 Å². The van der Waals surface area contributed by atoms with Crippen LogP contribution in [0.3, 0.4) is 0 Å². The molecule has 1 heterocycles. The van der Waals surface area contributed by atoms with Crippen LogP contribution in [0.25, 0.3) is 0 Å². The largest absolute Gasteiger partial charge is 0.450 e. The zero-order valence-corrected chi connectivity index (χ0v) is 16.7. The second-order valence-corrected chi connectivity index (χ2v) is 7.03. The smallest absolute Gasteiger partial charge is 0.310 e. The fourth-order valence-corrected chi connectivity index (χ4v) is 3.15. The summed E-state index contributed by atoms with van der Waals surface area (Å²) in [6, 6.07) is 18.4. The molecule has 0 aliphatic rings. The van der Waals surface area contributed by atoms with Gasteiger partial charge < -0.3 is 9.32 Å². The molecule has 3 rings (SSSR count). The van der Waals surface area contributed by atoms with Gasteiger partial charge >= 0.3 is 5.91 Å². The lowest BCUT2D eigenvalue weighted by molar-refractivity contribution is -0.942. The number of nitrogens with one attached hydrogen (secondary N) is 2. The Balaban J connectivity index is 1.74. The Morgan fingerprint density at radius 1 is 1.03 bits per heavy atom. The molecule has 0 radical (unpaired) electrons. The molecule has 1 amide bonds. The summed E-state index contributed by atoms with van der Waals surface area (Å²) in [7, 11) is 0. The van der Waals surface area contributed by atoms with E-state index in [1.54, 1.807) is 31.2 Å². The average molecular weight is 397 g/mol. The number of furan rings is 1. The second kappa shape index (κ2) is 10.0. The van der Waals surface area contributed by atoms with Crippen LogP contribution in [0.2, 0.25) is 0 Å². The molecule has 0 fully saturated rings. The molecule has 1 unspecified atom stereocenters. The number of carbonyl (C=O) groups excluding carboxylic acids is 1. The highest BCUT2D eigenvalue weighted by Gasteiger charge is 2.17. The number of hydroxylamine groups is 1. The van der Waals surface area contributed by atoms with E-state index in [0.717, 1.165) is 12.1 Å². The Morgan fingerprint density at radius 2 is 1.79 bits per heavy atom. The number of aryl methyl sites for hydroxylation is 1. The van der Waals surface area contributed by atoms with E-state index < -0.39 is 5.91 Å². The summed E-state index contributed by atoms with van der Waals surface area (Å²) < 4.78 is 19.3. The topological polar surface area (TPSA) is 55.9 Å². The van der Waals surface area contributed by atoms with Gasteiger partial charge in [0.2, 0.25) is 0 Å². The van der Waals surface area contributed by atoms with Crippen molar-refractivity contribution in [3.8, 4) is 0 Å². The molecule has 6 heteroatoms. The summed E-state index contributed by atoms with van der Waals surface area (Å²) in [4.78, 5) is 18.1. The normalized spacial score (nSPS) is 12.0. The molecule has 3 aromatic rings. The third kappa shape index (κ3) is 6.27. The molecule has 152 valence electrons. The van der Waals surface area contributed by atoms with Crippen molar-refractivity contribution in [1.82, 2.24) is 5.48 Å². The van der Waals surface area contributed by atoms with Crippen molar-refractivity contribution in [2.24, 2.45) is 0 Å². The average Bonchev–Trinajstić information content (AvgIpc) is 3.16. The number of amides is 1. The summed E-state index contributed by atoms with van der Waals surface area (Å²) in [6.07, 6.45) is 0. The summed E-state index contributed by atoms with van der Waals surface area (Å²) >= 11 is 0. The van der Waals surface area contributed by atoms with E-state index in [-0.39, 0.29) is 11.6 Å². The monoisotopic (exact) mass is 397 g/mol. The summed E-state index contributed by atoms with van der Waals surface area (Å²) in [6.45, 7) is 6.16. The van der Waals surface area contributed by atoms with Gasteiger partial charge in [-0.3, -0.25) is 9.63 Å². The highest BCUT2D eigenvalue weighted by atomic mass is 19.1. The lowest BCUT2D eigenvalue weighted by atomic mass is 10.1. The molecule has 5 nitrogen and oxygen atoms in total. The van der Waals surface area contributed by atoms with E-state index in [2.05, 4.69) is 36.7 Å². The van der Waals surface area contributed by atoms with Crippen LogP contribution in [0.15, 0.2) is 65.1 Å². The quantitative estimate of drug-likeness (QED) is 0.545. The minimum absolute atomic E-state index is 0.203. The fraction of sp³-hybridized carbons (Fsp3) is 0.261. The number of halogens is 1. The maximum absolute atomic E-state index is 13.6. The Hall–Kier alpha value is -2.96. The van der Waals surface area contributed by atoms with Gasteiger partial charge in [-0.1, -0.05) is 42.0 Å². The molecule has 1 atom stereocenters. The lowest BCUT2D eigenvalue weighted by Crippen LogP contribution is -3.08. The van der Waals surface area contributed by atoms with Crippen LogP contribution in [0.1, 0.15) is 39.9 Å². The number of rotatable bonds is 9. The van der Waals surface area contributed by atoms with E-state index in [4.69, 9.17) is 9.25 Å². The van der Waals surface area contributed by atoms with Gasteiger partial charge in [-0.2, -0.15) is 0 Å². The summed E-state index contributed by atoms with van der Waals surface area (Å²) in [5, 5.41) is 0. The maximum Gasteiger partial charge on any atom is 0.310 e. The van der Waals surface area contributed by atoms with Crippen molar-refractivity contribution >= 4 is 5.91 Å². The van der Waals surface area contributed by atoms with E-state index >= 15 is 0 Å². The Kier molecular flexibility index (Phi) is 7.16. The third-order valence-corrected chi connectivity index (χ3v) is 4.54. The van der Waals surface area contributed by atoms with Gasteiger partial charge in [-0.05, 0) is 38.1 Å². The Labute approximate surface area is 170 Å². The maximum atomic E-state index is 13.6. The standard InChI is InChI=1S/C23H25FN2O3/c1-3-28-25-23(27)22-12-11-21(29-22)16-26(14-18-9-7-17(2)8-10-18)15-19-5-4-6-20(24)13-19/h4-13H,3,14-16H2,1-2H3,(H,25,27)/p+1.